The number of nitrogens with zero attached hydrogens (tertiary/aromatic N) is 2. The molecule has 0 aliphatic heterocycles. The Balaban J connectivity index is 2.61. The minimum Gasteiger partial charge on any atom is -0.356 e. The van der Waals surface area contributed by atoms with Crippen LogP contribution in [0.4, 0.5) is 0 Å². The molecule has 0 heterocycles. The number of guanidine groups is 1. The number of benzene rings is 1. The fourth-order valence-electron chi connectivity index (χ4n) is 2.24. The van der Waals surface area contributed by atoms with Crippen LogP contribution in [0.5, 0.6) is 0 Å². The molecule has 132 valence electrons. The van der Waals surface area contributed by atoms with Gasteiger partial charge in [-0.3, -0.25) is 4.79 Å². The number of carbonyl (C=O) groups is 1. The first-order chi connectivity index (χ1) is 11.3. The zero-order chi connectivity index (χ0) is 18.1. The molecule has 0 spiro atoms. The van der Waals surface area contributed by atoms with Gasteiger partial charge in [-0.25, -0.2) is 4.99 Å². The van der Waals surface area contributed by atoms with Gasteiger partial charge < -0.3 is 15.5 Å². The highest BCUT2D eigenvalue weighted by atomic mass is 16.2. The number of aliphatic imine (C=N–C) groups is 1. The predicted molar refractivity (Wildman–Crippen MR) is 101 cm³/mol. The molecule has 1 aromatic carbocycles. The van der Waals surface area contributed by atoms with Crippen LogP contribution < -0.4 is 10.6 Å². The molecule has 0 saturated carbocycles. The van der Waals surface area contributed by atoms with Crippen molar-refractivity contribution in [2.75, 3.05) is 33.7 Å². The molecule has 0 aliphatic carbocycles. The normalized spacial score (nSPS) is 11.1. The zero-order valence-corrected chi connectivity index (χ0v) is 15.6. The van der Waals surface area contributed by atoms with Crippen LogP contribution in [-0.2, 0) is 11.2 Å². The Morgan fingerprint density at radius 1 is 1.17 bits per heavy atom. The third kappa shape index (κ3) is 7.81. The summed E-state index contributed by atoms with van der Waals surface area (Å²) >= 11 is 0. The summed E-state index contributed by atoms with van der Waals surface area (Å²) in [5.41, 5.74) is 4.85. The molecule has 5 heteroatoms. The Hall–Kier alpha value is -2.30. The van der Waals surface area contributed by atoms with Crippen LogP contribution in [0.2, 0.25) is 0 Å². The maximum atomic E-state index is 11.7. The average molecular weight is 330 g/mol. The lowest BCUT2D eigenvalue weighted by molar-refractivity contribution is -0.127. The largest absolute Gasteiger partial charge is 0.356 e. The molecular weight excluding hydrogens is 300 g/mol. The number of likely N-dealkylation sites (N-methyl/N-ethyl adjacent to an activating group) is 1. The van der Waals surface area contributed by atoms with Crippen molar-refractivity contribution >= 4 is 11.9 Å². The maximum absolute atomic E-state index is 11.7. The maximum Gasteiger partial charge on any atom is 0.243 e. The predicted octanol–water partition coefficient (Wildman–Crippen LogP) is 2.05. The Morgan fingerprint density at radius 2 is 1.79 bits per heavy atom. The average Bonchev–Trinajstić information content (AvgIpc) is 2.47. The molecule has 0 aromatic heterocycles. The summed E-state index contributed by atoms with van der Waals surface area (Å²) in [5, 5.41) is 6.47. The molecular formula is C19H30N4O. The third-order valence-corrected chi connectivity index (χ3v) is 3.42. The van der Waals surface area contributed by atoms with E-state index in [1.807, 2.05) is 6.92 Å². The molecule has 1 rings (SSSR count). The number of rotatable bonds is 7. The van der Waals surface area contributed by atoms with Crippen molar-refractivity contribution in [3.8, 4) is 0 Å². The van der Waals surface area contributed by atoms with Gasteiger partial charge in [0.25, 0.3) is 0 Å². The molecule has 0 saturated heterocycles. The molecule has 5 nitrogen and oxygen atoms in total. The minimum absolute atomic E-state index is 0.0271. The molecule has 0 unspecified atom stereocenters. The van der Waals surface area contributed by atoms with E-state index in [0.29, 0.717) is 12.5 Å². The number of hydrogen-bond acceptors (Lipinski definition) is 2. The molecule has 0 fully saturated rings. The van der Waals surface area contributed by atoms with Crippen LogP contribution in [0, 0.1) is 13.8 Å². The van der Waals surface area contributed by atoms with Crippen molar-refractivity contribution in [1.29, 1.82) is 0 Å². The zero-order valence-electron chi connectivity index (χ0n) is 15.6. The van der Waals surface area contributed by atoms with Crippen molar-refractivity contribution in [1.82, 2.24) is 15.5 Å². The van der Waals surface area contributed by atoms with Gasteiger partial charge in [-0.05, 0) is 32.8 Å². The smallest absolute Gasteiger partial charge is 0.243 e. The molecule has 0 atom stereocenters. The van der Waals surface area contributed by atoms with Gasteiger partial charge in [0.1, 0.15) is 6.54 Å². The monoisotopic (exact) mass is 330 g/mol. The van der Waals surface area contributed by atoms with E-state index in [-0.39, 0.29) is 12.5 Å². The van der Waals surface area contributed by atoms with Gasteiger partial charge in [-0.15, -0.1) is 0 Å². The topological polar surface area (TPSA) is 56.7 Å². The van der Waals surface area contributed by atoms with Crippen LogP contribution in [0.25, 0.3) is 0 Å². The second-order valence-electron chi connectivity index (χ2n) is 6.44. The van der Waals surface area contributed by atoms with Crippen LogP contribution in [0.15, 0.2) is 35.3 Å². The Morgan fingerprint density at radius 3 is 2.33 bits per heavy atom. The number of amides is 1. The lowest BCUT2D eigenvalue weighted by Crippen LogP contribution is -2.40. The van der Waals surface area contributed by atoms with E-state index in [1.165, 1.54) is 21.6 Å². The summed E-state index contributed by atoms with van der Waals surface area (Å²) in [6.45, 7) is 11.6. The first kappa shape index (κ1) is 19.7. The van der Waals surface area contributed by atoms with Crippen molar-refractivity contribution in [2.45, 2.75) is 27.2 Å². The van der Waals surface area contributed by atoms with E-state index in [4.69, 9.17) is 0 Å². The van der Waals surface area contributed by atoms with E-state index in [0.717, 1.165) is 18.5 Å². The Bertz CT molecular complexity index is 585. The van der Waals surface area contributed by atoms with Gasteiger partial charge >= 0.3 is 0 Å². The van der Waals surface area contributed by atoms with E-state index in [2.05, 4.69) is 54.3 Å². The molecule has 0 aliphatic rings. The van der Waals surface area contributed by atoms with Crippen LogP contribution in [0.3, 0.4) is 0 Å². The summed E-state index contributed by atoms with van der Waals surface area (Å²) in [6, 6.07) is 6.57. The van der Waals surface area contributed by atoms with Gasteiger partial charge in [0.05, 0.1) is 0 Å². The standard InChI is InChI=1S/C19H30N4O/c1-14(2)12-21-19(22-13-18(24)23(5)6)20-8-7-17-10-15(3)9-16(4)11-17/h9-11H,1,7-8,12-13H2,2-6H3,(H2,20,21,22). The molecule has 2 N–H and O–H groups in total. The van der Waals surface area contributed by atoms with Crippen LogP contribution in [-0.4, -0.2) is 50.5 Å². The fourth-order valence-corrected chi connectivity index (χ4v) is 2.24. The van der Waals surface area contributed by atoms with Gasteiger partial charge in [0.2, 0.25) is 5.91 Å². The van der Waals surface area contributed by atoms with E-state index >= 15 is 0 Å². The van der Waals surface area contributed by atoms with Gasteiger partial charge in [0, 0.05) is 27.2 Å². The van der Waals surface area contributed by atoms with Crippen LogP contribution in [0.1, 0.15) is 23.6 Å². The first-order valence-electron chi connectivity index (χ1n) is 8.22. The molecule has 0 bridgehead atoms. The fraction of sp³-hybridized carbons (Fsp3) is 0.474. The highest BCUT2D eigenvalue weighted by Gasteiger charge is 2.05. The summed E-state index contributed by atoms with van der Waals surface area (Å²) in [4.78, 5) is 17.6. The second kappa shape index (κ2) is 9.75. The van der Waals surface area contributed by atoms with Crippen molar-refractivity contribution in [2.24, 2.45) is 4.99 Å². The summed E-state index contributed by atoms with van der Waals surface area (Å²) in [5.74, 6) is 0.610. The van der Waals surface area contributed by atoms with E-state index in [9.17, 15) is 4.79 Å². The van der Waals surface area contributed by atoms with E-state index in [1.54, 1.807) is 14.1 Å². The van der Waals surface area contributed by atoms with Crippen molar-refractivity contribution in [3.05, 3.63) is 47.0 Å². The summed E-state index contributed by atoms with van der Waals surface area (Å²) in [7, 11) is 3.46. The van der Waals surface area contributed by atoms with Gasteiger partial charge in [-0.2, -0.15) is 0 Å². The number of aryl methyl sites for hydroxylation is 2. The Kier molecular flexibility index (Phi) is 8.02. The van der Waals surface area contributed by atoms with Gasteiger partial charge in [0.15, 0.2) is 5.96 Å². The third-order valence-electron chi connectivity index (χ3n) is 3.42. The molecule has 1 aromatic rings. The Labute approximate surface area is 145 Å². The molecule has 1 amide bonds. The second-order valence-corrected chi connectivity index (χ2v) is 6.44. The van der Waals surface area contributed by atoms with Gasteiger partial charge in [-0.1, -0.05) is 41.5 Å². The minimum atomic E-state index is -0.0271. The van der Waals surface area contributed by atoms with Crippen molar-refractivity contribution < 1.29 is 4.79 Å². The highest BCUT2D eigenvalue weighted by Crippen LogP contribution is 2.08. The first-order valence-corrected chi connectivity index (χ1v) is 8.22. The molecule has 0 radical (unpaired) electrons. The lowest BCUT2D eigenvalue weighted by atomic mass is 10.1. The summed E-state index contributed by atoms with van der Waals surface area (Å²) in [6.07, 6.45) is 0.901. The van der Waals surface area contributed by atoms with Crippen molar-refractivity contribution in [3.63, 3.8) is 0 Å². The highest BCUT2D eigenvalue weighted by molar-refractivity contribution is 5.84. The summed E-state index contributed by atoms with van der Waals surface area (Å²) < 4.78 is 0. The lowest BCUT2D eigenvalue weighted by Gasteiger charge is -2.14. The molecule has 24 heavy (non-hydrogen) atoms. The number of carbonyl (C=O) groups excluding carboxylic acids is 1. The number of hydrogen-bond donors (Lipinski definition) is 2. The quantitative estimate of drug-likeness (QED) is 0.457. The van der Waals surface area contributed by atoms with E-state index < -0.39 is 0 Å². The SMILES string of the molecule is C=C(C)CNC(=NCC(=O)N(C)C)NCCc1cc(C)cc(C)c1. The van der Waals surface area contributed by atoms with Crippen LogP contribution >= 0.6 is 0 Å². The number of nitrogens with one attached hydrogen (secondary N) is 2.